The predicted molar refractivity (Wildman–Crippen MR) is 94.0 cm³/mol. The van der Waals surface area contributed by atoms with Crippen LogP contribution in [0.5, 0.6) is 0 Å². The number of aromatic amines is 2. The van der Waals surface area contributed by atoms with Crippen molar-refractivity contribution in [3.8, 4) is 0 Å². The van der Waals surface area contributed by atoms with Gasteiger partial charge in [0.25, 0.3) is 11.8 Å². The van der Waals surface area contributed by atoms with Crippen LogP contribution < -0.4 is 10.6 Å². The highest BCUT2D eigenvalue weighted by Crippen LogP contribution is 2.33. The molecule has 0 spiro atoms. The van der Waals surface area contributed by atoms with Crippen molar-refractivity contribution in [2.75, 3.05) is 10.6 Å². The van der Waals surface area contributed by atoms with Crippen LogP contribution in [0.1, 0.15) is 21.0 Å². The molecule has 0 atom stereocenters. The minimum absolute atomic E-state index is 0.260. The molecule has 24 heavy (non-hydrogen) atoms. The minimum atomic E-state index is -0.367. The fraction of sp³-hybridized carbons (Fsp3) is 0. The maximum absolute atomic E-state index is 12.2. The zero-order valence-corrected chi connectivity index (χ0v) is 13.7. The molecular formula is C16H12Cl2N4O2. The largest absolute Gasteiger partial charge is 0.357 e. The first-order chi connectivity index (χ1) is 11.5. The van der Waals surface area contributed by atoms with E-state index in [4.69, 9.17) is 23.2 Å². The van der Waals surface area contributed by atoms with Crippen molar-refractivity contribution in [2.24, 2.45) is 0 Å². The molecule has 0 aliphatic carbocycles. The molecule has 6 nitrogen and oxygen atoms in total. The van der Waals surface area contributed by atoms with Crippen LogP contribution in [0, 0.1) is 0 Å². The Balaban J connectivity index is 1.88. The van der Waals surface area contributed by atoms with E-state index in [1.165, 1.54) is 12.1 Å². The average Bonchev–Trinajstić information content (AvgIpc) is 3.24. The van der Waals surface area contributed by atoms with Gasteiger partial charge in [-0.2, -0.15) is 0 Å². The summed E-state index contributed by atoms with van der Waals surface area (Å²) in [6.07, 6.45) is 3.27. The van der Waals surface area contributed by atoms with Gasteiger partial charge in [0.1, 0.15) is 11.4 Å². The van der Waals surface area contributed by atoms with E-state index in [0.717, 1.165) is 0 Å². The first kappa shape index (κ1) is 16.2. The standard InChI is InChI=1S/C16H12Cl2N4O2/c17-9-7-13(21-15(23)11-3-1-5-19-11)14(8-10(9)18)22-16(24)12-4-2-6-20-12/h1-8,19-20H,(H,21,23)(H,22,24). The molecule has 0 aliphatic rings. The van der Waals surface area contributed by atoms with Gasteiger partial charge in [-0.3, -0.25) is 9.59 Å². The summed E-state index contributed by atoms with van der Waals surface area (Å²) in [5.74, 6) is -0.734. The Labute approximate surface area is 147 Å². The second-order valence-electron chi connectivity index (χ2n) is 4.89. The van der Waals surface area contributed by atoms with E-state index in [2.05, 4.69) is 20.6 Å². The van der Waals surface area contributed by atoms with Gasteiger partial charge in [-0.05, 0) is 36.4 Å². The summed E-state index contributed by atoms with van der Waals surface area (Å²) in [6, 6.07) is 9.63. The number of hydrogen-bond acceptors (Lipinski definition) is 2. The molecule has 0 saturated heterocycles. The van der Waals surface area contributed by atoms with Crippen molar-refractivity contribution in [3.63, 3.8) is 0 Å². The molecule has 0 unspecified atom stereocenters. The van der Waals surface area contributed by atoms with Crippen LogP contribution in [0.15, 0.2) is 48.8 Å². The second kappa shape index (κ2) is 6.82. The molecule has 122 valence electrons. The van der Waals surface area contributed by atoms with Crippen molar-refractivity contribution in [3.05, 3.63) is 70.2 Å². The van der Waals surface area contributed by atoms with Gasteiger partial charge in [0.15, 0.2) is 0 Å². The van der Waals surface area contributed by atoms with Gasteiger partial charge < -0.3 is 20.6 Å². The number of hydrogen-bond donors (Lipinski definition) is 4. The van der Waals surface area contributed by atoms with Gasteiger partial charge in [0, 0.05) is 12.4 Å². The molecule has 2 amide bonds. The number of carbonyl (C=O) groups is 2. The van der Waals surface area contributed by atoms with E-state index in [-0.39, 0.29) is 21.9 Å². The second-order valence-corrected chi connectivity index (χ2v) is 5.70. The Morgan fingerprint density at radius 2 is 1.21 bits per heavy atom. The van der Waals surface area contributed by atoms with E-state index >= 15 is 0 Å². The molecular weight excluding hydrogens is 351 g/mol. The zero-order chi connectivity index (χ0) is 17.1. The summed E-state index contributed by atoms with van der Waals surface area (Å²) in [7, 11) is 0. The van der Waals surface area contributed by atoms with Crippen molar-refractivity contribution < 1.29 is 9.59 Å². The van der Waals surface area contributed by atoms with Crippen LogP contribution in [0.25, 0.3) is 0 Å². The third-order valence-corrected chi connectivity index (χ3v) is 3.96. The Morgan fingerprint density at radius 1 is 0.792 bits per heavy atom. The van der Waals surface area contributed by atoms with Gasteiger partial charge in [0.05, 0.1) is 21.4 Å². The summed E-state index contributed by atoms with van der Waals surface area (Å²) in [4.78, 5) is 30.0. The first-order valence-corrected chi connectivity index (χ1v) is 7.68. The van der Waals surface area contributed by atoms with Gasteiger partial charge >= 0.3 is 0 Å². The molecule has 1 aromatic carbocycles. The smallest absolute Gasteiger partial charge is 0.272 e. The number of rotatable bonds is 4. The third kappa shape index (κ3) is 3.45. The van der Waals surface area contributed by atoms with Crippen LogP contribution >= 0.6 is 23.2 Å². The number of H-pyrrole nitrogens is 2. The normalized spacial score (nSPS) is 10.4. The van der Waals surface area contributed by atoms with Crippen molar-refractivity contribution in [1.82, 2.24) is 9.97 Å². The SMILES string of the molecule is O=C(Nc1cc(Cl)c(Cl)cc1NC(=O)c1ccc[nH]1)c1ccc[nH]1. The van der Waals surface area contributed by atoms with E-state index in [9.17, 15) is 9.59 Å². The Morgan fingerprint density at radius 3 is 1.54 bits per heavy atom. The first-order valence-electron chi connectivity index (χ1n) is 6.93. The highest BCUT2D eigenvalue weighted by atomic mass is 35.5. The average molecular weight is 363 g/mol. The maximum atomic E-state index is 12.2. The molecule has 3 rings (SSSR count). The Hall–Kier alpha value is -2.70. The molecule has 0 aliphatic heterocycles. The number of aromatic nitrogens is 2. The van der Waals surface area contributed by atoms with Crippen LogP contribution in [0.3, 0.4) is 0 Å². The number of nitrogens with one attached hydrogen (secondary N) is 4. The molecule has 0 bridgehead atoms. The summed E-state index contributed by atoms with van der Waals surface area (Å²) >= 11 is 12.0. The van der Waals surface area contributed by atoms with Gasteiger partial charge in [-0.1, -0.05) is 23.2 Å². The lowest BCUT2D eigenvalue weighted by atomic mass is 10.2. The van der Waals surface area contributed by atoms with Crippen LogP contribution in [0.4, 0.5) is 11.4 Å². The zero-order valence-electron chi connectivity index (χ0n) is 12.2. The monoisotopic (exact) mass is 362 g/mol. The summed E-state index contributed by atoms with van der Waals surface area (Å²) in [6.45, 7) is 0. The summed E-state index contributed by atoms with van der Waals surface area (Å²) in [5.41, 5.74) is 1.43. The number of benzene rings is 1. The lowest BCUT2D eigenvalue weighted by Crippen LogP contribution is -2.17. The van der Waals surface area contributed by atoms with E-state index < -0.39 is 0 Å². The van der Waals surface area contributed by atoms with E-state index in [1.807, 2.05) is 0 Å². The quantitative estimate of drug-likeness (QED) is 0.561. The van der Waals surface area contributed by atoms with Crippen molar-refractivity contribution >= 4 is 46.4 Å². The molecule has 0 fully saturated rings. The molecule has 0 saturated carbocycles. The summed E-state index contributed by atoms with van der Waals surface area (Å²) in [5, 5.41) is 5.91. The van der Waals surface area contributed by atoms with Gasteiger partial charge in [0.2, 0.25) is 0 Å². The molecule has 8 heteroatoms. The molecule has 3 aromatic rings. The number of carbonyl (C=O) groups excluding carboxylic acids is 2. The number of anilines is 2. The minimum Gasteiger partial charge on any atom is -0.357 e. The molecule has 2 heterocycles. The molecule has 2 aromatic heterocycles. The summed E-state index contributed by atoms with van der Waals surface area (Å²) < 4.78 is 0. The van der Waals surface area contributed by atoms with E-state index in [1.54, 1.807) is 36.7 Å². The fourth-order valence-corrected chi connectivity index (χ4v) is 2.40. The van der Waals surface area contributed by atoms with Crippen molar-refractivity contribution in [2.45, 2.75) is 0 Å². The van der Waals surface area contributed by atoms with Crippen LogP contribution in [-0.4, -0.2) is 21.8 Å². The highest BCUT2D eigenvalue weighted by molar-refractivity contribution is 6.42. The van der Waals surface area contributed by atoms with Gasteiger partial charge in [-0.15, -0.1) is 0 Å². The number of amides is 2. The third-order valence-electron chi connectivity index (χ3n) is 3.24. The van der Waals surface area contributed by atoms with Gasteiger partial charge in [-0.25, -0.2) is 0 Å². The van der Waals surface area contributed by atoms with Crippen LogP contribution in [-0.2, 0) is 0 Å². The Kier molecular flexibility index (Phi) is 4.59. The number of halogens is 2. The Bertz CT molecular complexity index is 801. The molecule has 4 N–H and O–H groups in total. The fourth-order valence-electron chi connectivity index (χ4n) is 2.08. The maximum Gasteiger partial charge on any atom is 0.272 e. The lowest BCUT2D eigenvalue weighted by molar-refractivity contribution is 0.101. The van der Waals surface area contributed by atoms with Crippen molar-refractivity contribution in [1.29, 1.82) is 0 Å². The predicted octanol–water partition coefficient (Wildman–Crippen LogP) is 4.15. The molecule has 0 radical (unpaired) electrons. The highest BCUT2D eigenvalue weighted by Gasteiger charge is 2.15. The van der Waals surface area contributed by atoms with Crippen LogP contribution in [0.2, 0.25) is 10.0 Å². The topological polar surface area (TPSA) is 89.8 Å². The van der Waals surface area contributed by atoms with E-state index in [0.29, 0.717) is 22.8 Å². The lowest BCUT2D eigenvalue weighted by Gasteiger charge is -2.13.